The number of hydrogen-bond acceptors (Lipinski definition) is 8. The van der Waals surface area contributed by atoms with Gasteiger partial charge in [0.1, 0.15) is 23.4 Å². The molecule has 12 nitrogen and oxygen atoms in total. The van der Waals surface area contributed by atoms with Crippen LogP contribution in [0.5, 0.6) is 5.75 Å². The number of nitrogens with one attached hydrogen (secondary N) is 3. The quantitative estimate of drug-likeness (QED) is 0.240. The number of hydroxylamine groups is 1. The maximum Gasteiger partial charge on any atom is 0.287 e. The monoisotopic (exact) mass is 699 g/mol. The lowest BCUT2D eigenvalue weighted by Gasteiger charge is -2.36. The van der Waals surface area contributed by atoms with Gasteiger partial charge in [-0.25, -0.2) is 0 Å². The SMILES string of the molecule is COc1c(C)cc(C2=C[C@]3(C[C@@H](C(=O)N[C@@H](CC4CC4)C(=O)C(N)=O)N(C(=O)[C@@H](NC(=O)CC4CCCCC4)C(C)(C)C)C3)ON2)cc1Cl. The van der Waals surface area contributed by atoms with E-state index in [9.17, 15) is 24.0 Å². The summed E-state index contributed by atoms with van der Waals surface area (Å²) in [5, 5.41) is 6.17. The molecule has 4 amide bonds. The van der Waals surface area contributed by atoms with Gasteiger partial charge in [-0.05, 0) is 67.2 Å². The summed E-state index contributed by atoms with van der Waals surface area (Å²) >= 11 is 6.49. The number of benzene rings is 1. The third-order valence-corrected chi connectivity index (χ3v) is 10.5. The number of Topliss-reactive ketones (excluding diaryl/α,β-unsaturated/α-hetero) is 1. The molecule has 4 aliphatic rings. The molecule has 3 fully saturated rings. The van der Waals surface area contributed by atoms with Crippen molar-refractivity contribution in [2.75, 3.05) is 13.7 Å². The average molecular weight is 700 g/mol. The van der Waals surface area contributed by atoms with Crippen LogP contribution in [-0.2, 0) is 28.8 Å². The minimum Gasteiger partial charge on any atom is -0.495 e. The Labute approximate surface area is 293 Å². The summed E-state index contributed by atoms with van der Waals surface area (Å²) in [6.07, 6.45) is 9.65. The number of carbonyl (C=O) groups is 5. The maximum atomic E-state index is 14.6. The van der Waals surface area contributed by atoms with E-state index in [1.54, 1.807) is 13.2 Å². The first-order valence-corrected chi connectivity index (χ1v) is 17.7. The van der Waals surface area contributed by atoms with Crippen molar-refractivity contribution < 1.29 is 33.5 Å². The van der Waals surface area contributed by atoms with Crippen LogP contribution in [0.15, 0.2) is 18.2 Å². The van der Waals surface area contributed by atoms with Crippen LogP contribution in [0.1, 0.15) is 96.1 Å². The molecular formula is C36H50ClN5O7. The number of amides is 4. The van der Waals surface area contributed by atoms with Gasteiger partial charge < -0.3 is 26.0 Å². The van der Waals surface area contributed by atoms with Crippen LogP contribution >= 0.6 is 11.6 Å². The molecule has 268 valence electrons. The van der Waals surface area contributed by atoms with Crippen LogP contribution in [-0.4, -0.2) is 71.7 Å². The zero-order valence-electron chi connectivity index (χ0n) is 29.2. The first-order valence-electron chi connectivity index (χ1n) is 17.4. The van der Waals surface area contributed by atoms with Crippen LogP contribution in [0.2, 0.25) is 5.02 Å². The number of carbonyl (C=O) groups excluding carboxylic acids is 5. The number of methoxy groups -OCH3 is 1. The molecule has 4 atom stereocenters. The van der Waals surface area contributed by atoms with Crippen molar-refractivity contribution in [2.45, 2.75) is 116 Å². The molecule has 13 heteroatoms. The number of likely N-dealkylation sites (tertiary alicyclic amines) is 1. The highest BCUT2D eigenvalue weighted by molar-refractivity contribution is 6.37. The van der Waals surface area contributed by atoms with E-state index in [4.69, 9.17) is 26.9 Å². The second-order valence-electron chi connectivity index (χ2n) is 15.4. The van der Waals surface area contributed by atoms with E-state index in [1.807, 2.05) is 39.8 Å². The standard InChI is InChI=1S/C36H50ClN5O7/c1-20-13-23(16-24(37)30(20)48-5)26-17-36(49-41-26)18-27(33(46)39-25(14-22-11-12-22)29(44)32(38)45)42(19-36)34(47)31(35(2,3)4)40-28(43)15-21-9-7-6-8-10-21/h13,16-17,21-22,25,27,31,41H,6-12,14-15,18-19H2,1-5H3,(H2,38,45)(H,39,46)(H,40,43)/t25-,27-,31+,36+/m0/s1. The van der Waals surface area contributed by atoms with Crippen LogP contribution in [0.3, 0.4) is 0 Å². The lowest BCUT2D eigenvalue weighted by Crippen LogP contribution is -2.59. The first kappa shape index (κ1) is 36.6. The Kier molecular flexibility index (Phi) is 11.0. The molecule has 2 heterocycles. The summed E-state index contributed by atoms with van der Waals surface area (Å²) < 4.78 is 5.40. The van der Waals surface area contributed by atoms with Gasteiger partial charge in [-0.15, -0.1) is 0 Å². The van der Waals surface area contributed by atoms with Gasteiger partial charge in [0.15, 0.2) is 0 Å². The van der Waals surface area contributed by atoms with Crippen molar-refractivity contribution in [1.82, 2.24) is 21.0 Å². The Morgan fingerprint density at radius 2 is 1.78 bits per heavy atom. The van der Waals surface area contributed by atoms with Gasteiger partial charge in [-0.2, -0.15) is 0 Å². The van der Waals surface area contributed by atoms with Gasteiger partial charge in [0.2, 0.25) is 23.5 Å². The van der Waals surface area contributed by atoms with E-state index in [1.165, 1.54) is 11.3 Å². The Balaban J connectivity index is 1.44. The molecule has 1 aromatic carbocycles. The minimum atomic E-state index is -1.13. The van der Waals surface area contributed by atoms with E-state index in [0.717, 1.165) is 49.7 Å². The number of hydrogen-bond donors (Lipinski definition) is 4. The highest BCUT2D eigenvalue weighted by Gasteiger charge is 2.54. The van der Waals surface area contributed by atoms with Crippen LogP contribution < -0.4 is 26.6 Å². The summed E-state index contributed by atoms with van der Waals surface area (Å²) in [6.45, 7) is 7.48. The normalized spacial score (nSPS) is 23.8. The Bertz CT molecular complexity index is 1490. The molecule has 1 saturated heterocycles. The number of ether oxygens (including phenoxy) is 1. The van der Waals surface area contributed by atoms with Crippen molar-refractivity contribution in [1.29, 1.82) is 0 Å². The van der Waals surface area contributed by atoms with Gasteiger partial charge in [-0.3, -0.25) is 34.3 Å². The lowest BCUT2D eigenvalue weighted by molar-refractivity contribution is -0.145. The second kappa shape index (κ2) is 14.7. The van der Waals surface area contributed by atoms with E-state index in [-0.39, 0.29) is 30.7 Å². The highest BCUT2D eigenvalue weighted by Crippen LogP contribution is 2.41. The van der Waals surface area contributed by atoms with E-state index in [0.29, 0.717) is 29.3 Å². The van der Waals surface area contributed by atoms with Crippen LogP contribution in [0.4, 0.5) is 0 Å². The number of ketones is 1. The number of primary amides is 1. The number of rotatable bonds is 12. The molecule has 1 aromatic rings. The van der Waals surface area contributed by atoms with Gasteiger partial charge in [0, 0.05) is 18.4 Å². The summed E-state index contributed by atoms with van der Waals surface area (Å²) in [7, 11) is 1.55. The van der Waals surface area contributed by atoms with Crippen molar-refractivity contribution in [3.05, 3.63) is 34.4 Å². The smallest absolute Gasteiger partial charge is 0.287 e. The number of aryl methyl sites for hydroxylation is 1. The van der Waals surface area contributed by atoms with Crippen molar-refractivity contribution in [3.8, 4) is 5.75 Å². The molecular weight excluding hydrogens is 650 g/mol. The molecule has 5 N–H and O–H groups in total. The van der Waals surface area contributed by atoms with Crippen molar-refractivity contribution in [3.63, 3.8) is 0 Å². The Hall–Kier alpha value is -3.64. The van der Waals surface area contributed by atoms with Gasteiger partial charge in [-0.1, -0.05) is 64.5 Å². The van der Waals surface area contributed by atoms with Crippen LogP contribution in [0.25, 0.3) is 5.70 Å². The Morgan fingerprint density at radius 3 is 2.37 bits per heavy atom. The molecule has 2 saturated carbocycles. The van der Waals surface area contributed by atoms with E-state index >= 15 is 0 Å². The summed E-state index contributed by atoms with van der Waals surface area (Å²) in [5.41, 5.74) is 8.64. The molecule has 0 bridgehead atoms. The zero-order chi connectivity index (χ0) is 35.7. The second-order valence-corrected chi connectivity index (χ2v) is 15.8. The third kappa shape index (κ3) is 8.57. The van der Waals surface area contributed by atoms with Crippen molar-refractivity contribution in [2.24, 2.45) is 23.0 Å². The van der Waals surface area contributed by atoms with Gasteiger partial charge in [0.05, 0.1) is 30.4 Å². The molecule has 0 radical (unpaired) electrons. The highest BCUT2D eigenvalue weighted by atomic mass is 35.5. The number of halogens is 1. The number of nitrogens with two attached hydrogens (primary N) is 1. The number of nitrogens with zero attached hydrogens (tertiary/aromatic N) is 1. The molecule has 49 heavy (non-hydrogen) atoms. The topological polar surface area (TPSA) is 169 Å². The fourth-order valence-corrected chi connectivity index (χ4v) is 7.70. The summed E-state index contributed by atoms with van der Waals surface area (Å²) in [6, 6.07) is 0.519. The average Bonchev–Trinajstić information content (AvgIpc) is 3.64. The molecule has 1 spiro atoms. The minimum absolute atomic E-state index is 0.00851. The zero-order valence-corrected chi connectivity index (χ0v) is 29.9. The summed E-state index contributed by atoms with van der Waals surface area (Å²) in [4.78, 5) is 74.2. The maximum absolute atomic E-state index is 14.6. The van der Waals surface area contributed by atoms with E-state index < -0.39 is 52.6 Å². The lowest BCUT2D eigenvalue weighted by atomic mass is 9.84. The first-order chi connectivity index (χ1) is 23.1. The predicted molar refractivity (Wildman–Crippen MR) is 184 cm³/mol. The van der Waals surface area contributed by atoms with Crippen molar-refractivity contribution >= 4 is 46.7 Å². The largest absolute Gasteiger partial charge is 0.495 e. The molecule has 2 aliphatic carbocycles. The Morgan fingerprint density at radius 1 is 1.08 bits per heavy atom. The van der Waals surface area contributed by atoms with E-state index in [2.05, 4.69) is 16.1 Å². The fraction of sp³-hybridized carbons (Fsp3) is 0.639. The van der Waals surface area contributed by atoms with Crippen LogP contribution in [0, 0.1) is 24.2 Å². The molecule has 2 aliphatic heterocycles. The van der Waals surface area contributed by atoms with Gasteiger partial charge >= 0.3 is 0 Å². The molecule has 0 unspecified atom stereocenters. The fourth-order valence-electron chi connectivity index (χ4n) is 7.36. The molecule has 0 aromatic heterocycles. The summed E-state index contributed by atoms with van der Waals surface area (Å²) in [5.74, 6) is -2.19. The van der Waals surface area contributed by atoms with Gasteiger partial charge in [0.25, 0.3) is 5.91 Å². The predicted octanol–water partition coefficient (Wildman–Crippen LogP) is 3.71. The third-order valence-electron chi connectivity index (χ3n) is 10.2. The molecule has 5 rings (SSSR count).